The molecule has 5 nitrogen and oxygen atoms in total. The highest BCUT2D eigenvalue weighted by molar-refractivity contribution is 7.24. The van der Waals surface area contributed by atoms with E-state index in [9.17, 15) is 0 Å². The Bertz CT molecular complexity index is 677. The maximum atomic E-state index is 4.43. The Morgan fingerprint density at radius 1 is 1.15 bits per heavy atom. The highest BCUT2D eigenvalue weighted by Gasteiger charge is 2.11. The van der Waals surface area contributed by atoms with E-state index >= 15 is 0 Å². The number of pyridine rings is 1. The van der Waals surface area contributed by atoms with Gasteiger partial charge in [0, 0.05) is 30.7 Å². The zero-order valence-corrected chi connectivity index (χ0v) is 12.5. The van der Waals surface area contributed by atoms with Crippen LogP contribution < -0.4 is 5.32 Å². The van der Waals surface area contributed by atoms with Gasteiger partial charge in [0.05, 0.1) is 4.88 Å². The number of aromatic nitrogens is 4. The van der Waals surface area contributed by atoms with Crippen molar-refractivity contribution in [1.82, 2.24) is 20.2 Å². The lowest BCUT2D eigenvalue weighted by atomic mass is 10.3. The number of nitrogens with one attached hydrogen (secondary N) is 1. The Labute approximate surface area is 124 Å². The van der Waals surface area contributed by atoms with Gasteiger partial charge in [-0.15, -0.1) is 21.5 Å². The van der Waals surface area contributed by atoms with Crippen LogP contribution >= 0.6 is 22.7 Å². The molecule has 1 N–H and O–H groups in total. The average molecular weight is 303 g/mol. The maximum absolute atomic E-state index is 4.43. The molecule has 0 aromatic carbocycles. The van der Waals surface area contributed by atoms with Crippen LogP contribution in [-0.4, -0.2) is 26.7 Å². The number of nitrogens with zero attached hydrogens (tertiary/aromatic N) is 4. The molecule has 102 valence electrons. The first-order valence-corrected chi connectivity index (χ1v) is 7.94. The molecule has 20 heavy (non-hydrogen) atoms. The molecule has 3 heterocycles. The van der Waals surface area contributed by atoms with E-state index in [1.165, 1.54) is 0 Å². The van der Waals surface area contributed by atoms with E-state index < -0.39 is 0 Å². The van der Waals surface area contributed by atoms with Crippen molar-refractivity contribution in [3.8, 4) is 20.5 Å². The third kappa shape index (κ3) is 2.83. The predicted octanol–water partition coefficient (Wildman–Crippen LogP) is 3.55. The second-order valence-electron chi connectivity index (χ2n) is 4.11. The van der Waals surface area contributed by atoms with Crippen LogP contribution in [0.2, 0.25) is 0 Å². The summed E-state index contributed by atoms with van der Waals surface area (Å²) in [7, 11) is 0. The minimum Gasteiger partial charge on any atom is -0.360 e. The molecule has 0 amide bonds. The van der Waals surface area contributed by atoms with E-state index in [1.54, 1.807) is 28.9 Å². The zero-order valence-electron chi connectivity index (χ0n) is 10.9. The summed E-state index contributed by atoms with van der Waals surface area (Å²) in [6.45, 7) is 3.04. The largest absolute Gasteiger partial charge is 0.360 e. The minimum absolute atomic E-state index is 0.859. The van der Waals surface area contributed by atoms with Crippen molar-refractivity contribution < 1.29 is 0 Å². The molecule has 0 radical (unpaired) electrons. The second kappa shape index (κ2) is 6.06. The molecular weight excluding hydrogens is 290 g/mol. The number of anilines is 1. The molecule has 3 rings (SSSR count). The van der Waals surface area contributed by atoms with Crippen molar-refractivity contribution in [2.75, 3.05) is 11.9 Å². The van der Waals surface area contributed by atoms with Crippen molar-refractivity contribution >= 4 is 27.8 Å². The molecule has 0 aliphatic heterocycles. The summed E-state index contributed by atoms with van der Waals surface area (Å²) in [5.74, 6) is 0. The minimum atomic E-state index is 0.859. The van der Waals surface area contributed by atoms with Gasteiger partial charge in [0.25, 0.3) is 0 Å². The summed E-state index contributed by atoms with van der Waals surface area (Å²) >= 11 is 3.16. The first-order valence-electron chi connectivity index (χ1n) is 6.31. The summed E-state index contributed by atoms with van der Waals surface area (Å²) in [4.78, 5) is 9.58. The Kier molecular flexibility index (Phi) is 3.98. The first kappa shape index (κ1) is 13.1. The van der Waals surface area contributed by atoms with E-state index in [2.05, 4.69) is 32.4 Å². The van der Waals surface area contributed by atoms with Crippen molar-refractivity contribution in [2.24, 2.45) is 0 Å². The molecule has 3 aromatic heterocycles. The number of hydrogen-bond donors (Lipinski definition) is 1. The molecule has 0 fully saturated rings. The lowest BCUT2D eigenvalue weighted by Gasteiger charge is -1.95. The van der Waals surface area contributed by atoms with E-state index in [1.807, 2.05) is 24.5 Å². The number of thiazole rings is 1. The van der Waals surface area contributed by atoms with Gasteiger partial charge in [-0.05, 0) is 18.6 Å². The van der Waals surface area contributed by atoms with Crippen LogP contribution in [0.1, 0.15) is 13.3 Å². The van der Waals surface area contributed by atoms with Crippen molar-refractivity contribution in [2.45, 2.75) is 13.3 Å². The van der Waals surface area contributed by atoms with Crippen molar-refractivity contribution in [3.63, 3.8) is 0 Å². The molecule has 0 saturated carbocycles. The standard InChI is InChI=1S/C13H13N5S2/c1-2-5-15-13-18-17-12(20-13)10-8-16-11(19-10)9-4-3-6-14-7-9/h3-4,6-8H,2,5H2,1H3,(H,15,18). The van der Waals surface area contributed by atoms with Crippen molar-refractivity contribution in [3.05, 3.63) is 30.7 Å². The molecule has 7 heteroatoms. The van der Waals surface area contributed by atoms with Crippen LogP contribution in [0, 0.1) is 0 Å². The Morgan fingerprint density at radius 2 is 2.10 bits per heavy atom. The van der Waals surface area contributed by atoms with Gasteiger partial charge in [-0.1, -0.05) is 18.3 Å². The molecule has 0 bridgehead atoms. The molecule has 0 aliphatic carbocycles. The Balaban J connectivity index is 1.81. The van der Waals surface area contributed by atoms with Crippen molar-refractivity contribution in [1.29, 1.82) is 0 Å². The third-order valence-corrected chi connectivity index (χ3v) is 4.67. The fourth-order valence-electron chi connectivity index (χ4n) is 1.62. The molecule has 0 aliphatic rings. The summed E-state index contributed by atoms with van der Waals surface area (Å²) in [5.41, 5.74) is 1.03. The molecule has 0 atom stereocenters. The van der Waals surface area contributed by atoms with Crippen LogP contribution in [-0.2, 0) is 0 Å². The molecular formula is C13H13N5S2. The van der Waals surface area contributed by atoms with Gasteiger partial charge < -0.3 is 5.32 Å². The van der Waals surface area contributed by atoms with E-state index in [0.717, 1.165) is 38.6 Å². The van der Waals surface area contributed by atoms with E-state index in [0.29, 0.717) is 0 Å². The van der Waals surface area contributed by atoms with Gasteiger partial charge in [0.2, 0.25) is 5.13 Å². The van der Waals surface area contributed by atoms with E-state index in [4.69, 9.17) is 0 Å². The Morgan fingerprint density at radius 3 is 2.90 bits per heavy atom. The molecule has 0 saturated heterocycles. The van der Waals surface area contributed by atoms with Gasteiger partial charge in [-0.3, -0.25) is 4.98 Å². The monoisotopic (exact) mass is 303 g/mol. The maximum Gasteiger partial charge on any atom is 0.206 e. The number of hydrogen-bond acceptors (Lipinski definition) is 7. The predicted molar refractivity (Wildman–Crippen MR) is 83.0 cm³/mol. The second-order valence-corrected chi connectivity index (χ2v) is 6.12. The van der Waals surface area contributed by atoms with Gasteiger partial charge in [-0.2, -0.15) is 0 Å². The fraction of sp³-hybridized carbons (Fsp3) is 0.231. The van der Waals surface area contributed by atoms with Crippen LogP contribution in [0.5, 0.6) is 0 Å². The first-order chi connectivity index (χ1) is 9.86. The summed E-state index contributed by atoms with van der Waals surface area (Å²) in [5, 5.41) is 14.3. The molecule has 3 aromatic rings. The molecule has 0 unspecified atom stereocenters. The summed E-state index contributed by atoms with van der Waals surface area (Å²) in [6, 6.07) is 3.91. The number of rotatable bonds is 5. The normalized spacial score (nSPS) is 10.7. The van der Waals surface area contributed by atoms with Crippen LogP contribution in [0.25, 0.3) is 20.5 Å². The highest BCUT2D eigenvalue weighted by Crippen LogP contribution is 2.34. The van der Waals surface area contributed by atoms with E-state index in [-0.39, 0.29) is 0 Å². The lowest BCUT2D eigenvalue weighted by molar-refractivity contribution is 0.964. The van der Waals surface area contributed by atoms with Gasteiger partial charge in [-0.25, -0.2) is 4.98 Å². The average Bonchev–Trinajstić information content (AvgIpc) is 3.15. The fourth-order valence-corrected chi connectivity index (χ4v) is 3.33. The summed E-state index contributed by atoms with van der Waals surface area (Å²) < 4.78 is 0. The Hall–Kier alpha value is -1.86. The topological polar surface area (TPSA) is 63.6 Å². The highest BCUT2D eigenvalue weighted by atomic mass is 32.1. The van der Waals surface area contributed by atoms with Crippen LogP contribution in [0.15, 0.2) is 30.7 Å². The smallest absolute Gasteiger partial charge is 0.206 e. The quantitative estimate of drug-likeness (QED) is 0.781. The summed E-state index contributed by atoms with van der Waals surface area (Å²) in [6.07, 6.45) is 6.49. The van der Waals surface area contributed by atoms with Crippen LogP contribution in [0.3, 0.4) is 0 Å². The lowest BCUT2D eigenvalue weighted by Crippen LogP contribution is -1.98. The zero-order chi connectivity index (χ0) is 13.8. The van der Waals surface area contributed by atoms with Gasteiger partial charge in [0.15, 0.2) is 5.01 Å². The SMILES string of the molecule is CCCNc1nnc(-c2cnc(-c3cccnc3)s2)s1. The van der Waals surface area contributed by atoms with Gasteiger partial charge >= 0.3 is 0 Å². The third-order valence-electron chi connectivity index (χ3n) is 2.58. The molecule has 0 spiro atoms. The van der Waals surface area contributed by atoms with Gasteiger partial charge in [0.1, 0.15) is 5.01 Å². The van der Waals surface area contributed by atoms with Crippen LogP contribution in [0.4, 0.5) is 5.13 Å².